The highest BCUT2D eigenvalue weighted by Gasteiger charge is 2.27. The largest absolute Gasteiger partial charge is 0.315 e. The predicted molar refractivity (Wildman–Crippen MR) is 63.8 cm³/mol. The molecule has 0 aliphatic heterocycles. The van der Waals surface area contributed by atoms with E-state index in [1.807, 2.05) is 0 Å². The normalized spacial score (nSPS) is 20.7. The van der Waals surface area contributed by atoms with Gasteiger partial charge in [0.15, 0.2) is 9.84 Å². The Kier molecular flexibility index (Phi) is 4.59. The summed E-state index contributed by atoms with van der Waals surface area (Å²) in [5.41, 5.74) is 0.413. The van der Waals surface area contributed by atoms with Crippen LogP contribution in [0.4, 0.5) is 0 Å². The molecule has 0 spiro atoms. The topological polar surface area (TPSA) is 46.2 Å². The SMILES string of the molecule is CCS(=O)(=O)CCNCC1(C)CCCC1. The van der Waals surface area contributed by atoms with Crippen LogP contribution in [0.3, 0.4) is 0 Å². The maximum Gasteiger partial charge on any atom is 0.151 e. The summed E-state index contributed by atoms with van der Waals surface area (Å²) in [4.78, 5) is 0. The van der Waals surface area contributed by atoms with Gasteiger partial charge in [-0.3, -0.25) is 0 Å². The lowest BCUT2D eigenvalue weighted by Gasteiger charge is -2.23. The molecule has 1 fully saturated rings. The van der Waals surface area contributed by atoms with Gasteiger partial charge in [0.25, 0.3) is 0 Å². The third-order valence-corrected chi connectivity index (χ3v) is 5.10. The molecule has 1 aliphatic carbocycles. The molecule has 0 radical (unpaired) electrons. The van der Waals surface area contributed by atoms with Gasteiger partial charge in [0, 0.05) is 18.8 Å². The van der Waals surface area contributed by atoms with E-state index >= 15 is 0 Å². The van der Waals surface area contributed by atoms with Crippen molar-refractivity contribution in [3.8, 4) is 0 Å². The Morgan fingerprint density at radius 1 is 1.27 bits per heavy atom. The molecule has 15 heavy (non-hydrogen) atoms. The highest BCUT2D eigenvalue weighted by atomic mass is 32.2. The summed E-state index contributed by atoms with van der Waals surface area (Å²) in [6.07, 6.45) is 5.21. The third kappa shape index (κ3) is 4.51. The van der Waals surface area contributed by atoms with Gasteiger partial charge in [0.1, 0.15) is 0 Å². The van der Waals surface area contributed by atoms with Crippen LogP contribution in [0.25, 0.3) is 0 Å². The van der Waals surface area contributed by atoms with E-state index in [0.717, 1.165) is 6.54 Å². The molecule has 1 rings (SSSR count). The zero-order valence-electron chi connectivity index (χ0n) is 9.88. The van der Waals surface area contributed by atoms with E-state index in [0.29, 0.717) is 12.0 Å². The fourth-order valence-electron chi connectivity index (χ4n) is 2.17. The summed E-state index contributed by atoms with van der Waals surface area (Å²) < 4.78 is 22.5. The van der Waals surface area contributed by atoms with E-state index in [9.17, 15) is 8.42 Å². The Labute approximate surface area is 93.6 Å². The van der Waals surface area contributed by atoms with Crippen LogP contribution in [0.1, 0.15) is 39.5 Å². The van der Waals surface area contributed by atoms with Crippen LogP contribution in [0.5, 0.6) is 0 Å². The number of hydrogen-bond donors (Lipinski definition) is 1. The van der Waals surface area contributed by atoms with Gasteiger partial charge in [0.05, 0.1) is 5.75 Å². The number of nitrogens with one attached hydrogen (secondary N) is 1. The second-order valence-electron chi connectivity index (χ2n) is 4.93. The monoisotopic (exact) mass is 233 g/mol. The van der Waals surface area contributed by atoms with Gasteiger partial charge in [-0.1, -0.05) is 26.7 Å². The van der Waals surface area contributed by atoms with E-state index in [1.54, 1.807) is 6.92 Å². The predicted octanol–water partition coefficient (Wildman–Crippen LogP) is 1.59. The summed E-state index contributed by atoms with van der Waals surface area (Å²) in [5, 5.41) is 3.28. The lowest BCUT2D eigenvalue weighted by Crippen LogP contribution is -2.33. The lowest BCUT2D eigenvalue weighted by molar-refractivity contribution is 0.319. The maximum atomic E-state index is 11.2. The molecule has 0 atom stereocenters. The first-order chi connectivity index (χ1) is 6.97. The lowest BCUT2D eigenvalue weighted by atomic mass is 9.89. The molecule has 0 bridgehead atoms. The van der Waals surface area contributed by atoms with Gasteiger partial charge < -0.3 is 5.32 Å². The fourth-order valence-corrected chi connectivity index (χ4v) is 2.91. The average molecular weight is 233 g/mol. The molecular formula is C11H23NO2S. The molecule has 1 saturated carbocycles. The van der Waals surface area contributed by atoms with E-state index < -0.39 is 9.84 Å². The Bertz CT molecular complexity index is 279. The molecule has 0 heterocycles. The minimum Gasteiger partial charge on any atom is -0.315 e. The Morgan fingerprint density at radius 2 is 1.87 bits per heavy atom. The van der Waals surface area contributed by atoms with Gasteiger partial charge in [-0.05, 0) is 18.3 Å². The van der Waals surface area contributed by atoms with Crippen molar-refractivity contribution in [3.05, 3.63) is 0 Å². The molecule has 0 saturated heterocycles. The molecule has 4 heteroatoms. The third-order valence-electron chi connectivity index (χ3n) is 3.39. The van der Waals surface area contributed by atoms with Gasteiger partial charge in [-0.2, -0.15) is 0 Å². The number of hydrogen-bond acceptors (Lipinski definition) is 3. The molecule has 0 unspecified atom stereocenters. The van der Waals surface area contributed by atoms with Crippen molar-refractivity contribution < 1.29 is 8.42 Å². The van der Waals surface area contributed by atoms with E-state index in [4.69, 9.17) is 0 Å². The van der Waals surface area contributed by atoms with E-state index in [1.165, 1.54) is 25.7 Å². The number of sulfone groups is 1. The summed E-state index contributed by atoms with van der Waals surface area (Å²) in [6.45, 7) is 5.56. The molecule has 1 N–H and O–H groups in total. The van der Waals surface area contributed by atoms with Crippen molar-refractivity contribution in [1.82, 2.24) is 5.32 Å². The van der Waals surface area contributed by atoms with E-state index in [2.05, 4.69) is 12.2 Å². The van der Waals surface area contributed by atoms with Gasteiger partial charge in [-0.25, -0.2) is 8.42 Å². The Hall–Kier alpha value is -0.0900. The first-order valence-electron chi connectivity index (χ1n) is 5.89. The van der Waals surface area contributed by atoms with Gasteiger partial charge >= 0.3 is 0 Å². The highest BCUT2D eigenvalue weighted by Crippen LogP contribution is 2.36. The van der Waals surface area contributed by atoms with Crippen molar-refractivity contribution in [2.45, 2.75) is 39.5 Å². The van der Waals surface area contributed by atoms with Crippen LogP contribution >= 0.6 is 0 Å². The second-order valence-corrected chi connectivity index (χ2v) is 7.40. The van der Waals surface area contributed by atoms with Crippen LogP contribution < -0.4 is 5.32 Å². The van der Waals surface area contributed by atoms with Crippen LogP contribution in [0, 0.1) is 5.41 Å². The number of rotatable bonds is 6. The van der Waals surface area contributed by atoms with Crippen molar-refractivity contribution in [3.63, 3.8) is 0 Å². The van der Waals surface area contributed by atoms with Gasteiger partial charge in [0.2, 0.25) is 0 Å². The Balaban J connectivity index is 2.17. The van der Waals surface area contributed by atoms with Crippen LogP contribution in [0.15, 0.2) is 0 Å². The van der Waals surface area contributed by atoms with Crippen molar-refractivity contribution in [2.24, 2.45) is 5.41 Å². The molecule has 0 aromatic heterocycles. The zero-order valence-corrected chi connectivity index (χ0v) is 10.7. The van der Waals surface area contributed by atoms with Crippen molar-refractivity contribution in [1.29, 1.82) is 0 Å². The summed E-state index contributed by atoms with van der Waals surface area (Å²) in [7, 11) is -2.80. The first kappa shape index (κ1) is 13.0. The fraction of sp³-hybridized carbons (Fsp3) is 1.00. The van der Waals surface area contributed by atoms with Crippen molar-refractivity contribution >= 4 is 9.84 Å². The van der Waals surface area contributed by atoms with Gasteiger partial charge in [-0.15, -0.1) is 0 Å². The van der Waals surface area contributed by atoms with Crippen molar-refractivity contribution in [2.75, 3.05) is 24.6 Å². The molecular weight excluding hydrogens is 210 g/mol. The van der Waals surface area contributed by atoms with Crippen LogP contribution in [-0.2, 0) is 9.84 Å². The highest BCUT2D eigenvalue weighted by molar-refractivity contribution is 7.91. The minimum atomic E-state index is -2.80. The first-order valence-corrected chi connectivity index (χ1v) is 7.71. The summed E-state index contributed by atoms with van der Waals surface area (Å²) >= 11 is 0. The second kappa shape index (κ2) is 5.30. The molecule has 1 aliphatic rings. The molecule has 0 aromatic rings. The summed E-state index contributed by atoms with van der Waals surface area (Å²) in [5.74, 6) is 0.533. The van der Waals surface area contributed by atoms with E-state index in [-0.39, 0.29) is 11.5 Å². The smallest absolute Gasteiger partial charge is 0.151 e. The molecule has 0 amide bonds. The maximum absolute atomic E-state index is 11.2. The molecule has 90 valence electrons. The summed E-state index contributed by atoms with van der Waals surface area (Å²) in [6, 6.07) is 0. The Morgan fingerprint density at radius 3 is 2.40 bits per heavy atom. The minimum absolute atomic E-state index is 0.256. The quantitative estimate of drug-likeness (QED) is 0.709. The zero-order chi connectivity index (χ0) is 11.4. The average Bonchev–Trinajstić information content (AvgIpc) is 2.61. The standard InChI is InChI=1S/C11H23NO2S/c1-3-15(13,14)9-8-12-10-11(2)6-4-5-7-11/h12H,3-10H2,1-2H3. The van der Waals surface area contributed by atoms with Crippen LogP contribution in [-0.4, -0.2) is 33.0 Å². The molecule has 3 nitrogen and oxygen atoms in total. The molecule has 0 aromatic carbocycles. The van der Waals surface area contributed by atoms with Crippen LogP contribution in [0.2, 0.25) is 0 Å².